The normalized spacial score (nSPS) is 18.6. The van der Waals surface area contributed by atoms with E-state index in [0.717, 1.165) is 5.56 Å². The van der Waals surface area contributed by atoms with Crippen LogP contribution in [0.3, 0.4) is 0 Å². The van der Waals surface area contributed by atoms with E-state index in [1.807, 2.05) is 0 Å². The van der Waals surface area contributed by atoms with Gasteiger partial charge in [0.25, 0.3) is 0 Å². The molecule has 1 aliphatic heterocycles. The number of ether oxygens (including phenoxy) is 1. The van der Waals surface area contributed by atoms with Crippen molar-refractivity contribution in [3.05, 3.63) is 47.9 Å². The van der Waals surface area contributed by atoms with E-state index in [1.54, 1.807) is 24.7 Å². The van der Waals surface area contributed by atoms with E-state index in [-0.39, 0.29) is 24.1 Å². The number of rotatable bonds is 1. The van der Waals surface area contributed by atoms with Crippen LogP contribution in [0.1, 0.15) is 28.4 Å². The number of fused-ring (bicyclic) bond motifs is 1. The van der Waals surface area contributed by atoms with Crippen molar-refractivity contribution in [2.24, 2.45) is 0 Å². The number of carbonyl (C=O) groups is 1. The molecular weight excluding hydrogens is 220 g/mol. The minimum Gasteiger partial charge on any atom is -0.508 e. The summed E-state index contributed by atoms with van der Waals surface area (Å²) < 4.78 is 10.7. The summed E-state index contributed by atoms with van der Waals surface area (Å²) in [5, 5.41) is 9.33. The van der Waals surface area contributed by atoms with Gasteiger partial charge in [0.15, 0.2) is 5.78 Å². The Morgan fingerprint density at radius 1 is 1.29 bits per heavy atom. The summed E-state index contributed by atoms with van der Waals surface area (Å²) >= 11 is 0. The van der Waals surface area contributed by atoms with Crippen LogP contribution in [-0.2, 0) is 0 Å². The van der Waals surface area contributed by atoms with Crippen LogP contribution < -0.4 is 4.74 Å². The topological polar surface area (TPSA) is 59.7 Å². The van der Waals surface area contributed by atoms with Gasteiger partial charge in [-0.2, -0.15) is 0 Å². The van der Waals surface area contributed by atoms with Crippen molar-refractivity contribution >= 4 is 5.78 Å². The predicted molar refractivity (Wildman–Crippen MR) is 59.1 cm³/mol. The Bertz CT molecular complexity index is 557. The van der Waals surface area contributed by atoms with Crippen LogP contribution in [0.2, 0.25) is 0 Å². The van der Waals surface area contributed by atoms with E-state index in [4.69, 9.17) is 9.15 Å². The van der Waals surface area contributed by atoms with Crippen molar-refractivity contribution in [2.75, 3.05) is 0 Å². The standard InChI is InChI=1S/C13H10O4/c14-9-1-2-12-10(5-9)11(15)6-13(17-12)8-3-4-16-7-8/h1-5,7,13-14H,6H2. The third-order valence-electron chi connectivity index (χ3n) is 2.82. The molecule has 0 spiro atoms. The van der Waals surface area contributed by atoms with E-state index < -0.39 is 0 Å². The summed E-state index contributed by atoms with van der Waals surface area (Å²) in [5.41, 5.74) is 1.28. The lowest BCUT2D eigenvalue weighted by molar-refractivity contribution is 0.0848. The molecule has 0 bridgehead atoms. The molecule has 0 aliphatic carbocycles. The number of phenolic OH excluding ortho intramolecular Hbond substituents is 1. The lowest BCUT2D eigenvalue weighted by atomic mass is 9.97. The zero-order chi connectivity index (χ0) is 11.8. The van der Waals surface area contributed by atoms with Gasteiger partial charge in [-0.3, -0.25) is 4.79 Å². The Morgan fingerprint density at radius 2 is 2.18 bits per heavy atom. The van der Waals surface area contributed by atoms with Gasteiger partial charge in [-0.15, -0.1) is 0 Å². The number of aromatic hydroxyl groups is 1. The number of furan rings is 1. The van der Waals surface area contributed by atoms with Crippen molar-refractivity contribution in [3.63, 3.8) is 0 Å². The molecule has 1 N–H and O–H groups in total. The van der Waals surface area contributed by atoms with Crippen LogP contribution in [0.25, 0.3) is 0 Å². The van der Waals surface area contributed by atoms with Crippen molar-refractivity contribution in [1.82, 2.24) is 0 Å². The Morgan fingerprint density at radius 3 is 2.94 bits per heavy atom. The van der Waals surface area contributed by atoms with Gasteiger partial charge in [0, 0.05) is 5.56 Å². The highest BCUT2D eigenvalue weighted by Gasteiger charge is 2.28. The molecule has 2 aromatic rings. The van der Waals surface area contributed by atoms with Crippen molar-refractivity contribution < 1.29 is 19.1 Å². The Balaban J connectivity index is 1.99. The third kappa shape index (κ3) is 1.67. The second kappa shape index (κ2) is 3.66. The number of carbonyl (C=O) groups excluding carboxylic acids is 1. The van der Waals surface area contributed by atoms with Gasteiger partial charge in [-0.25, -0.2) is 0 Å². The van der Waals surface area contributed by atoms with Gasteiger partial charge in [-0.1, -0.05) is 0 Å². The van der Waals surface area contributed by atoms with Crippen molar-refractivity contribution in [1.29, 1.82) is 0 Å². The first-order chi connectivity index (χ1) is 8.24. The molecule has 1 aromatic carbocycles. The summed E-state index contributed by atoms with van der Waals surface area (Å²) in [5.74, 6) is 0.543. The fraction of sp³-hybridized carbons (Fsp3) is 0.154. The molecule has 2 heterocycles. The fourth-order valence-corrected chi connectivity index (χ4v) is 1.96. The quantitative estimate of drug-likeness (QED) is 0.818. The summed E-state index contributed by atoms with van der Waals surface area (Å²) in [7, 11) is 0. The molecule has 1 unspecified atom stereocenters. The molecule has 0 saturated carbocycles. The molecule has 1 aliphatic rings. The van der Waals surface area contributed by atoms with Gasteiger partial charge < -0.3 is 14.3 Å². The Kier molecular flexibility index (Phi) is 2.14. The number of Topliss-reactive ketones (excluding diaryl/α,β-unsaturated/α-hetero) is 1. The lowest BCUT2D eigenvalue weighted by Gasteiger charge is -2.24. The molecule has 4 nitrogen and oxygen atoms in total. The second-order valence-electron chi connectivity index (χ2n) is 3.97. The maximum Gasteiger partial charge on any atom is 0.170 e. The number of phenols is 1. The first-order valence-electron chi connectivity index (χ1n) is 5.29. The highest BCUT2D eigenvalue weighted by atomic mass is 16.5. The van der Waals surface area contributed by atoms with Crippen molar-refractivity contribution in [3.8, 4) is 11.5 Å². The maximum atomic E-state index is 11.9. The Hall–Kier alpha value is -2.23. The molecule has 0 radical (unpaired) electrons. The average Bonchev–Trinajstić information content (AvgIpc) is 2.83. The molecular formula is C13H10O4. The minimum absolute atomic E-state index is 0.0339. The van der Waals surface area contributed by atoms with E-state index in [1.165, 1.54) is 12.1 Å². The molecule has 0 amide bonds. The highest BCUT2D eigenvalue weighted by molar-refractivity contribution is 6.00. The van der Waals surface area contributed by atoms with Crippen LogP contribution in [0.15, 0.2) is 41.2 Å². The number of ketones is 1. The van der Waals surface area contributed by atoms with Crippen LogP contribution in [0, 0.1) is 0 Å². The highest BCUT2D eigenvalue weighted by Crippen LogP contribution is 2.36. The molecule has 3 rings (SSSR count). The first kappa shape index (κ1) is 9.96. The van der Waals surface area contributed by atoms with Gasteiger partial charge in [0.05, 0.1) is 24.5 Å². The molecule has 1 atom stereocenters. The van der Waals surface area contributed by atoms with Gasteiger partial charge >= 0.3 is 0 Å². The zero-order valence-electron chi connectivity index (χ0n) is 8.92. The van der Waals surface area contributed by atoms with E-state index in [2.05, 4.69) is 0 Å². The summed E-state index contributed by atoms with van der Waals surface area (Å²) in [6, 6.07) is 6.32. The monoisotopic (exact) mass is 230 g/mol. The summed E-state index contributed by atoms with van der Waals surface area (Å²) in [6.07, 6.45) is 3.08. The summed E-state index contributed by atoms with van der Waals surface area (Å²) in [4.78, 5) is 11.9. The lowest BCUT2D eigenvalue weighted by Crippen LogP contribution is -2.19. The number of hydrogen-bond acceptors (Lipinski definition) is 4. The molecule has 0 fully saturated rings. The minimum atomic E-state index is -0.307. The van der Waals surface area contributed by atoms with Crippen molar-refractivity contribution in [2.45, 2.75) is 12.5 Å². The summed E-state index contributed by atoms with van der Waals surface area (Å²) in [6.45, 7) is 0. The van der Waals surface area contributed by atoms with E-state index in [0.29, 0.717) is 11.3 Å². The van der Waals surface area contributed by atoms with Gasteiger partial charge in [0.2, 0.25) is 0 Å². The molecule has 4 heteroatoms. The smallest absolute Gasteiger partial charge is 0.170 e. The number of benzene rings is 1. The molecule has 86 valence electrons. The van der Waals surface area contributed by atoms with Crippen LogP contribution >= 0.6 is 0 Å². The van der Waals surface area contributed by atoms with Crippen LogP contribution in [0.5, 0.6) is 11.5 Å². The SMILES string of the molecule is O=C1CC(c2ccoc2)Oc2ccc(O)cc21. The first-order valence-corrected chi connectivity index (χ1v) is 5.29. The third-order valence-corrected chi connectivity index (χ3v) is 2.82. The largest absolute Gasteiger partial charge is 0.508 e. The molecule has 1 aromatic heterocycles. The van der Waals surface area contributed by atoms with Gasteiger partial charge in [-0.05, 0) is 24.3 Å². The average molecular weight is 230 g/mol. The predicted octanol–water partition coefficient (Wildman–Crippen LogP) is 2.69. The van der Waals surface area contributed by atoms with E-state index in [9.17, 15) is 9.90 Å². The molecule has 17 heavy (non-hydrogen) atoms. The molecule has 0 saturated heterocycles. The van der Waals surface area contributed by atoms with Gasteiger partial charge in [0.1, 0.15) is 17.6 Å². The zero-order valence-corrected chi connectivity index (χ0v) is 8.92. The number of hydrogen-bond donors (Lipinski definition) is 1. The van der Waals surface area contributed by atoms with Crippen LogP contribution in [-0.4, -0.2) is 10.9 Å². The van der Waals surface area contributed by atoms with Crippen LogP contribution in [0.4, 0.5) is 0 Å². The maximum absolute atomic E-state index is 11.9. The second-order valence-corrected chi connectivity index (χ2v) is 3.97. The van der Waals surface area contributed by atoms with E-state index >= 15 is 0 Å². The fourth-order valence-electron chi connectivity index (χ4n) is 1.96. The Labute approximate surface area is 97.4 Å².